The first-order valence-electron chi connectivity index (χ1n) is 6.31. The van der Waals surface area contributed by atoms with Crippen LogP contribution in [0, 0.1) is 0 Å². The standard InChI is InChI=1S/C12H17ClN4/c13-11-4-5-12(16-15-11)17-7-6-10(8-17)14-9-2-1-3-9/h4-5,9-10,14H,1-3,6-8H2/t10-/m0/s1. The fraction of sp³-hybridized carbons (Fsp3) is 0.667. The summed E-state index contributed by atoms with van der Waals surface area (Å²) in [5, 5.41) is 12.2. The second-order valence-corrected chi connectivity index (χ2v) is 5.33. The molecular formula is C12H17ClN4. The lowest BCUT2D eigenvalue weighted by atomic mass is 9.92. The van der Waals surface area contributed by atoms with Gasteiger partial charge < -0.3 is 10.2 Å². The zero-order valence-electron chi connectivity index (χ0n) is 9.77. The molecule has 1 saturated heterocycles. The van der Waals surface area contributed by atoms with Crippen LogP contribution in [-0.4, -0.2) is 35.4 Å². The lowest BCUT2D eigenvalue weighted by Gasteiger charge is -2.29. The molecule has 92 valence electrons. The van der Waals surface area contributed by atoms with Crippen LogP contribution in [0.4, 0.5) is 5.82 Å². The Morgan fingerprint density at radius 3 is 2.71 bits per heavy atom. The zero-order chi connectivity index (χ0) is 11.7. The van der Waals surface area contributed by atoms with Gasteiger partial charge in [-0.05, 0) is 31.4 Å². The highest BCUT2D eigenvalue weighted by Gasteiger charge is 2.27. The fourth-order valence-electron chi connectivity index (χ4n) is 2.49. The van der Waals surface area contributed by atoms with Crippen molar-refractivity contribution in [3.63, 3.8) is 0 Å². The molecule has 1 aromatic heterocycles. The van der Waals surface area contributed by atoms with Gasteiger partial charge in [0.15, 0.2) is 11.0 Å². The minimum atomic E-state index is 0.456. The van der Waals surface area contributed by atoms with E-state index < -0.39 is 0 Å². The minimum absolute atomic E-state index is 0.456. The van der Waals surface area contributed by atoms with Gasteiger partial charge in [-0.15, -0.1) is 10.2 Å². The summed E-state index contributed by atoms with van der Waals surface area (Å²) >= 11 is 5.74. The monoisotopic (exact) mass is 252 g/mol. The molecule has 0 amide bonds. The van der Waals surface area contributed by atoms with E-state index in [0.29, 0.717) is 11.2 Å². The van der Waals surface area contributed by atoms with Crippen molar-refractivity contribution in [1.82, 2.24) is 15.5 Å². The van der Waals surface area contributed by atoms with Gasteiger partial charge in [0.05, 0.1) is 0 Å². The molecule has 1 aromatic rings. The van der Waals surface area contributed by atoms with Crippen LogP contribution in [0.25, 0.3) is 0 Å². The number of anilines is 1. The maximum Gasteiger partial charge on any atom is 0.151 e. The number of nitrogens with one attached hydrogen (secondary N) is 1. The van der Waals surface area contributed by atoms with Crippen LogP contribution in [0.2, 0.25) is 5.15 Å². The van der Waals surface area contributed by atoms with Crippen LogP contribution in [0.3, 0.4) is 0 Å². The Hall–Kier alpha value is -0.870. The molecule has 4 nitrogen and oxygen atoms in total. The van der Waals surface area contributed by atoms with E-state index in [-0.39, 0.29) is 0 Å². The number of halogens is 1. The molecule has 17 heavy (non-hydrogen) atoms. The lowest BCUT2D eigenvalue weighted by Crippen LogP contribution is -2.43. The van der Waals surface area contributed by atoms with Crippen LogP contribution < -0.4 is 10.2 Å². The van der Waals surface area contributed by atoms with Gasteiger partial charge in [-0.1, -0.05) is 18.0 Å². The summed E-state index contributed by atoms with van der Waals surface area (Å²) in [6, 6.07) is 5.12. The molecule has 1 atom stereocenters. The number of hydrogen-bond donors (Lipinski definition) is 1. The third-order valence-electron chi connectivity index (χ3n) is 3.71. The first kappa shape index (κ1) is 11.2. The fourth-order valence-corrected chi connectivity index (χ4v) is 2.59. The Labute approximate surface area is 106 Å². The van der Waals surface area contributed by atoms with Gasteiger partial charge in [0.2, 0.25) is 0 Å². The van der Waals surface area contributed by atoms with Gasteiger partial charge in [0.25, 0.3) is 0 Å². The summed E-state index contributed by atoms with van der Waals surface area (Å²) in [5.41, 5.74) is 0. The van der Waals surface area contributed by atoms with Crippen molar-refractivity contribution in [3.8, 4) is 0 Å². The minimum Gasteiger partial charge on any atom is -0.354 e. The average molecular weight is 253 g/mol. The molecule has 0 unspecified atom stereocenters. The summed E-state index contributed by atoms with van der Waals surface area (Å²) in [6.45, 7) is 2.09. The Kier molecular flexibility index (Phi) is 3.16. The summed E-state index contributed by atoms with van der Waals surface area (Å²) in [7, 11) is 0. The van der Waals surface area contributed by atoms with Gasteiger partial charge >= 0.3 is 0 Å². The van der Waals surface area contributed by atoms with Crippen LogP contribution >= 0.6 is 11.6 Å². The van der Waals surface area contributed by atoms with E-state index in [0.717, 1.165) is 24.9 Å². The smallest absolute Gasteiger partial charge is 0.151 e. The predicted octanol–water partition coefficient (Wildman–Crippen LogP) is 1.85. The van der Waals surface area contributed by atoms with E-state index >= 15 is 0 Å². The van der Waals surface area contributed by atoms with E-state index in [2.05, 4.69) is 20.4 Å². The zero-order valence-corrected chi connectivity index (χ0v) is 10.5. The van der Waals surface area contributed by atoms with Crippen LogP contribution in [0.5, 0.6) is 0 Å². The van der Waals surface area contributed by atoms with Crippen LogP contribution in [0.15, 0.2) is 12.1 Å². The lowest BCUT2D eigenvalue weighted by molar-refractivity contribution is 0.311. The molecule has 2 fully saturated rings. The summed E-state index contributed by atoms with van der Waals surface area (Å²) in [5.74, 6) is 0.937. The molecule has 1 aliphatic carbocycles. The van der Waals surface area contributed by atoms with Gasteiger partial charge in [0, 0.05) is 25.2 Å². The number of hydrogen-bond acceptors (Lipinski definition) is 4. The maximum atomic E-state index is 5.74. The molecule has 0 radical (unpaired) electrons. The summed E-state index contributed by atoms with van der Waals surface area (Å²) in [6.07, 6.45) is 5.27. The van der Waals surface area contributed by atoms with Crippen molar-refractivity contribution in [3.05, 3.63) is 17.3 Å². The Balaban J connectivity index is 1.57. The first-order chi connectivity index (χ1) is 8.31. The van der Waals surface area contributed by atoms with Gasteiger partial charge in [0.1, 0.15) is 0 Å². The van der Waals surface area contributed by atoms with E-state index in [1.54, 1.807) is 6.07 Å². The number of aromatic nitrogens is 2. The quantitative estimate of drug-likeness (QED) is 0.892. The molecule has 2 heterocycles. The van der Waals surface area contributed by atoms with Crippen molar-refractivity contribution in [2.24, 2.45) is 0 Å². The summed E-state index contributed by atoms with van der Waals surface area (Å²) < 4.78 is 0. The third-order valence-corrected chi connectivity index (χ3v) is 3.91. The van der Waals surface area contributed by atoms with Gasteiger partial charge in [-0.2, -0.15) is 0 Å². The van der Waals surface area contributed by atoms with Crippen molar-refractivity contribution >= 4 is 17.4 Å². The highest BCUT2D eigenvalue weighted by molar-refractivity contribution is 6.29. The number of nitrogens with zero attached hydrogens (tertiary/aromatic N) is 3. The molecular weight excluding hydrogens is 236 g/mol. The molecule has 3 rings (SSSR count). The molecule has 1 N–H and O–H groups in total. The third kappa shape index (κ3) is 2.53. The number of rotatable bonds is 3. The van der Waals surface area contributed by atoms with E-state index in [1.807, 2.05) is 6.07 Å². The van der Waals surface area contributed by atoms with Crippen LogP contribution in [-0.2, 0) is 0 Å². The highest BCUT2D eigenvalue weighted by atomic mass is 35.5. The molecule has 5 heteroatoms. The Bertz CT molecular complexity index is 377. The Morgan fingerprint density at radius 1 is 1.18 bits per heavy atom. The molecule has 1 aliphatic heterocycles. The molecule has 2 aliphatic rings. The average Bonchev–Trinajstić information content (AvgIpc) is 2.73. The highest BCUT2D eigenvalue weighted by Crippen LogP contribution is 2.23. The normalized spacial score (nSPS) is 25.0. The largest absolute Gasteiger partial charge is 0.354 e. The van der Waals surface area contributed by atoms with Crippen molar-refractivity contribution in [2.75, 3.05) is 18.0 Å². The molecule has 0 spiro atoms. The second kappa shape index (κ2) is 4.78. The predicted molar refractivity (Wildman–Crippen MR) is 68.4 cm³/mol. The second-order valence-electron chi connectivity index (χ2n) is 4.94. The van der Waals surface area contributed by atoms with E-state index in [4.69, 9.17) is 11.6 Å². The van der Waals surface area contributed by atoms with Gasteiger partial charge in [-0.3, -0.25) is 0 Å². The van der Waals surface area contributed by atoms with Crippen molar-refractivity contribution < 1.29 is 0 Å². The van der Waals surface area contributed by atoms with Crippen molar-refractivity contribution in [1.29, 1.82) is 0 Å². The maximum absolute atomic E-state index is 5.74. The van der Waals surface area contributed by atoms with Crippen molar-refractivity contribution in [2.45, 2.75) is 37.8 Å². The van der Waals surface area contributed by atoms with E-state index in [1.165, 1.54) is 25.7 Å². The SMILES string of the molecule is Clc1ccc(N2CC[C@H](NC3CCC3)C2)nn1. The molecule has 0 bridgehead atoms. The molecule has 0 aromatic carbocycles. The summed E-state index contributed by atoms with van der Waals surface area (Å²) in [4.78, 5) is 2.28. The Morgan fingerprint density at radius 2 is 2.06 bits per heavy atom. The first-order valence-corrected chi connectivity index (χ1v) is 6.69. The van der Waals surface area contributed by atoms with Crippen LogP contribution in [0.1, 0.15) is 25.7 Å². The van der Waals surface area contributed by atoms with E-state index in [9.17, 15) is 0 Å². The molecule has 1 saturated carbocycles. The topological polar surface area (TPSA) is 41.0 Å². The van der Waals surface area contributed by atoms with Gasteiger partial charge in [-0.25, -0.2) is 0 Å².